The SMILES string of the molecule is CCc1nnc2c(C)cc(S(C)(=O)=O)nn12. The van der Waals surface area contributed by atoms with Crippen molar-refractivity contribution in [1.82, 2.24) is 19.8 Å². The molecule has 2 aromatic rings. The Morgan fingerprint density at radius 2 is 2.06 bits per heavy atom. The van der Waals surface area contributed by atoms with Gasteiger partial charge in [-0.15, -0.1) is 10.2 Å². The molecule has 6 nitrogen and oxygen atoms in total. The number of hydrogen-bond acceptors (Lipinski definition) is 5. The van der Waals surface area contributed by atoms with E-state index >= 15 is 0 Å². The molecule has 0 spiro atoms. The highest BCUT2D eigenvalue weighted by molar-refractivity contribution is 7.90. The summed E-state index contributed by atoms with van der Waals surface area (Å²) in [6.07, 6.45) is 1.79. The molecule has 0 aliphatic heterocycles. The van der Waals surface area contributed by atoms with Crippen LogP contribution in [-0.2, 0) is 16.3 Å². The van der Waals surface area contributed by atoms with Crippen molar-refractivity contribution in [3.63, 3.8) is 0 Å². The summed E-state index contributed by atoms with van der Waals surface area (Å²) in [6, 6.07) is 1.51. The third-order valence-electron chi connectivity index (χ3n) is 2.29. The molecule has 0 aliphatic carbocycles. The van der Waals surface area contributed by atoms with E-state index in [1.807, 2.05) is 6.92 Å². The van der Waals surface area contributed by atoms with Crippen molar-refractivity contribution in [2.75, 3.05) is 6.26 Å². The minimum absolute atomic E-state index is 0.0481. The molecule has 0 N–H and O–H groups in total. The second-order valence-corrected chi connectivity index (χ2v) is 5.61. The quantitative estimate of drug-likeness (QED) is 0.759. The summed E-state index contributed by atoms with van der Waals surface area (Å²) in [5.74, 6) is 0.656. The Kier molecular flexibility index (Phi) is 2.42. The molecular weight excluding hydrogens is 228 g/mol. The van der Waals surface area contributed by atoms with E-state index in [4.69, 9.17) is 0 Å². The standard InChI is InChI=1S/C9H12N4O2S/c1-4-7-10-11-9-6(2)5-8(12-13(7)9)16(3,14)15/h5H,4H2,1-3H3. The third-order valence-corrected chi connectivity index (χ3v) is 3.25. The average molecular weight is 240 g/mol. The molecule has 0 saturated heterocycles. The molecule has 0 amide bonds. The number of aryl methyl sites for hydroxylation is 2. The lowest BCUT2D eigenvalue weighted by molar-refractivity contribution is 0.593. The molecule has 0 saturated carbocycles. The van der Waals surface area contributed by atoms with Crippen LogP contribution in [0.15, 0.2) is 11.1 Å². The first-order valence-corrected chi connectivity index (χ1v) is 6.74. The van der Waals surface area contributed by atoms with Crippen LogP contribution in [0.25, 0.3) is 5.65 Å². The number of fused-ring (bicyclic) bond motifs is 1. The van der Waals surface area contributed by atoms with Gasteiger partial charge < -0.3 is 0 Å². The van der Waals surface area contributed by atoms with Gasteiger partial charge in [0.2, 0.25) is 0 Å². The second kappa shape index (κ2) is 3.51. The van der Waals surface area contributed by atoms with Crippen LogP contribution in [0, 0.1) is 6.92 Å². The molecule has 0 radical (unpaired) electrons. The minimum atomic E-state index is -3.31. The summed E-state index contributed by atoms with van der Waals surface area (Å²) in [6.45, 7) is 3.71. The van der Waals surface area contributed by atoms with Crippen molar-refractivity contribution in [3.05, 3.63) is 17.5 Å². The normalized spacial score (nSPS) is 12.2. The van der Waals surface area contributed by atoms with E-state index in [2.05, 4.69) is 15.3 Å². The maximum Gasteiger partial charge on any atom is 0.194 e. The van der Waals surface area contributed by atoms with Gasteiger partial charge in [0.25, 0.3) is 0 Å². The molecule has 0 fully saturated rings. The molecule has 0 bridgehead atoms. The fraction of sp³-hybridized carbons (Fsp3) is 0.444. The molecule has 7 heteroatoms. The number of rotatable bonds is 2. The monoisotopic (exact) mass is 240 g/mol. The Morgan fingerprint density at radius 3 is 2.62 bits per heavy atom. The Bertz CT molecular complexity index is 645. The van der Waals surface area contributed by atoms with Gasteiger partial charge in [0.1, 0.15) is 0 Å². The molecule has 0 aromatic carbocycles. The van der Waals surface area contributed by atoms with E-state index in [1.54, 1.807) is 6.92 Å². The van der Waals surface area contributed by atoms with Crippen LogP contribution in [0.2, 0.25) is 0 Å². The summed E-state index contributed by atoms with van der Waals surface area (Å²) < 4.78 is 24.4. The average Bonchev–Trinajstić information content (AvgIpc) is 2.59. The first-order chi connectivity index (χ1) is 7.43. The van der Waals surface area contributed by atoms with Crippen LogP contribution in [0.3, 0.4) is 0 Å². The van der Waals surface area contributed by atoms with E-state index in [-0.39, 0.29) is 5.03 Å². The van der Waals surface area contributed by atoms with Crippen LogP contribution < -0.4 is 0 Å². The van der Waals surface area contributed by atoms with E-state index in [0.29, 0.717) is 17.9 Å². The predicted octanol–water partition coefficient (Wildman–Crippen LogP) is 0.399. The van der Waals surface area contributed by atoms with Crippen LogP contribution in [-0.4, -0.2) is 34.5 Å². The third kappa shape index (κ3) is 1.67. The summed E-state index contributed by atoms with van der Waals surface area (Å²) in [7, 11) is -3.31. The van der Waals surface area contributed by atoms with Crippen molar-refractivity contribution in [2.45, 2.75) is 25.3 Å². The second-order valence-electron chi connectivity index (χ2n) is 3.64. The molecule has 2 aromatic heterocycles. The van der Waals surface area contributed by atoms with Crippen LogP contribution in [0.1, 0.15) is 18.3 Å². The largest absolute Gasteiger partial charge is 0.222 e. The Morgan fingerprint density at radius 1 is 1.38 bits per heavy atom. The zero-order chi connectivity index (χ0) is 11.9. The predicted molar refractivity (Wildman–Crippen MR) is 58.0 cm³/mol. The van der Waals surface area contributed by atoms with Gasteiger partial charge in [0.15, 0.2) is 26.3 Å². The molecular formula is C9H12N4O2S. The van der Waals surface area contributed by atoms with Gasteiger partial charge in [-0.3, -0.25) is 0 Å². The van der Waals surface area contributed by atoms with Gasteiger partial charge in [0.05, 0.1) is 0 Å². The van der Waals surface area contributed by atoms with E-state index in [1.165, 1.54) is 10.6 Å². The fourth-order valence-electron chi connectivity index (χ4n) is 1.44. The van der Waals surface area contributed by atoms with E-state index < -0.39 is 9.84 Å². The number of nitrogens with zero attached hydrogens (tertiary/aromatic N) is 4. The van der Waals surface area contributed by atoms with Crippen molar-refractivity contribution in [2.24, 2.45) is 0 Å². The molecule has 0 atom stereocenters. The van der Waals surface area contributed by atoms with Gasteiger partial charge in [-0.1, -0.05) is 6.92 Å². The summed E-state index contributed by atoms with van der Waals surface area (Å²) in [5, 5.41) is 12.0. The first kappa shape index (κ1) is 11.0. The highest BCUT2D eigenvalue weighted by Gasteiger charge is 2.15. The first-order valence-electron chi connectivity index (χ1n) is 4.85. The molecule has 16 heavy (non-hydrogen) atoms. The van der Waals surface area contributed by atoms with Crippen molar-refractivity contribution < 1.29 is 8.42 Å². The van der Waals surface area contributed by atoms with Gasteiger partial charge in [0, 0.05) is 12.7 Å². The van der Waals surface area contributed by atoms with E-state index in [0.717, 1.165) is 11.8 Å². The number of aromatic nitrogens is 4. The number of hydrogen-bond donors (Lipinski definition) is 0. The fourth-order valence-corrected chi connectivity index (χ4v) is 2.06. The Labute approximate surface area is 93.2 Å². The van der Waals surface area contributed by atoms with Crippen molar-refractivity contribution in [1.29, 1.82) is 0 Å². The lowest BCUT2D eigenvalue weighted by Crippen LogP contribution is -2.07. The smallest absolute Gasteiger partial charge is 0.194 e. The molecule has 0 unspecified atom stereocenters. The lowest BCUT2D eigenvalue weighted by Gasteiger charge is -2.02. The molecule has 86 valence electrons. The molecule has 2 heterocycles. The van der Waals surface area contributed by atoms with E-state index in [9.17, 15) is 8.42 Å². The number of sulfone groups is 1. The Balaban J connectivity index is 2.83. The Hall–Kier alpha value is -1.50. The summed E-state index contributed by atoms with van der Waals surface area (Å²) >= 11 is 0. The van der Waals surface area contributed by atoms with Crippen LogP contribution in [0.5, 0.6) is 0 Å². The van der Waals surface area contributed by atoms with Crippen LogP contribution in [0.4, 0.5) is 0 Å². The van der Waals surface area contributed by atoms with Gasteiger partial charge >= 0.3 is 0 Å². The topological polar surface area (TPSA) is 77.2 Å². The maximum atomic E-state index is 11.4. The molecule has 0 aliphatic rings. The van der Waals surface area contributed by atoms with Crippen molar-refractivity contribution in [3.8, 4) is 0 Å². The highest BCUT2D eigenvalue weighted by atomic mass is 32.2. The lowest BCUT2D eigenvalue weighted by atomic mass is 10.3. The van der Waals surface area contributed by atoms with Gasteiger partial charge in [-0.05, 0) is 18.6 Å². The summed E-state index contributed by atoms with van der Waals surface area (Å²) in [4.78, 5) is 0. The zero-order valence-electron chi connectivity index (χ0n) is 9.30. The van der Waals surface area contributed by atoms with Gasteiger partial charge in [-0.2, -0.15) is 9.61 Å². The van der Waals surface area contributed by atoms with Gasteiger partial charge in [-0.25, -0.2) is 8.42 Å². The zero-order valence-corrected chi connectivity index (χ0v) is 10.1. The maximum absolute atomic E-state index is 11.4. The van der Waals surface area contributed by atoms with Crippen molar-refractivity contribution >= 4 is 15.5 Å². The molecule has 2 rings (SSSR count). The minimum Gasteiger partial charge on any atom is -0.222 e. The highest BCUT2D eigenvalue weighted by Crippen LogP contribution is 2.13. The summed E-state index contributed by atoms with van der Waals surface area (Å²) in [5.41, 5.74) is 1.35. The van der Waals surface area contributed by atoms with Crippen LogP contribution >= 0.6 is 0 Å².